The quantitative estimate of drug-likeness (QED) is 0.690. The van der Waals surface area contributed by atoms with Gasteiger partial charge < -0.3 is 10.6 Å². The lowest BCUT2D eigenvalue weighted by atomic mass is 10.1. The molecule has 1 aliphatic heterocycles. The Balaban J connectivity index is 2.45. The summed E-state index contributed by atoms with van der Waals surface area (Å²) in [6.45, 7) is 2.13. The second-order valence-electron chi connectivity index (χ2n) is 3.46. The molecular formula is C8H14F2N2O. The minimum atomic E-state index is -2.33. The average Bonchev–Trinajstić information content (AvgIpc) is 2.50. The van der Waals surface area contributed by atoms with Crippen LogP contribution in [0.5, 0.6) is 0 Å². The van der Waals surface area contributed by atoms with Crippen molar-refractivity contribution in [2.45, 2.75) is 25.8 Å². The highest BCUT2D eigenvalue weighted by Crippen LogP contribution is 2.22. The fraction of sp³-hybridized carbons (Fsp3) is 0.875. The first-order chi connectivity index (χ1) is 6.02. The van der Waals surface area contributed by atoms with E-state index in [0.717, 1.165) is 0 Å². The van der Waals surface area contributed by atoms with Gasteiger partial charge in [-0.15, -0.1) is 0 Å². The van der Waals surface area contributed by atoms with Gasteiger partial charge in [-0.2, -0.15) is 0 Å². The van der Waals surface area contributed by atoms with E-state index < -0.39 is 18.4 Å². The van der Waals surface area contributed by atoms with E-state index in [1.54, 1.807) is 6.92 Å². The van der Waals surface area contributed by atoms with Gasteiger partial charge in [-0.05, 0) is 13.3 Å². The molecule has 0 radical (unpaired) electrons. The Morgan fingerprint density at radius 3 is 2.62 bits per heavy atom. The fourth-order valence-electron chi connectivity index (χ4n) is 1.48. The van der Waals surface area contributed by atoms with Crippen LogP contribution in [-0.2, 0) is 4.79 Å². The van der Waals surface area contributed by atoms with Gasteiger partial charge in [-0.25, -0.2) is 8.78 Å². The highest BCUT2D eigenvalue weighted by Gasteiger charge is 2.32. The molecule has 1 heterocycles. The van der Waals surface area contributed by atoms with E-state index in [1.165, 1.54) is 4.90 Å². The molecule has 13 heavy (non-hydrogen) atoms. The van der Waals surface area contributed by atoms with Crippen LogP contribution in [0.1, 0.15) is 13.3 Å². The van der Waals surface area contributed by atoms with Crippen LogP contribution in [0, 0.1) is 5.92 Å². The van der Waals surface area contributed by atoms with Crippen molar-refractivity contribution in [3.8, 4) is 0 Å². The van der Waals surface area contributed by atoms with Crippen molar-refractivity contribution in [1.29, 1.82) is 0 Å². The molecule has 3 nitrogen and oxygen atoms in total. The van der Waals surface area contributed by atoms with Crippen LogP contribution in [-0.4, -0.2) is 36.4 Å². The maximum absolute atomic E-state index is 12.2. The van der Waals surface area contributed by atoms with E-state index in [4.69, 9.17) is 5.73 Å². The molecular weight excluding hydrogens is 178 g/mol. The summed E-state index contributed by atoms with van der Waals surface area (Å²) in [4.78, 5) is 12.7. The first-order valence-corrected chi connectivity index (χ1v) is 4.35. The first-order valence-electron chi connectivity index (χ1n) is 4.35. The molecule has 1 rings (SSSR count). The summed E-state index contributed by atoms with van der Waals surface area (Å²) < 4.78 is 24.4. The summed E-state index contributed by atoms with van der Waals surface area (Å²) in [5.41, 5.74) is 5.36. The number of hydrogen-bond donors (Lipinski definition) is 1. The van der Waals surface area contributed by atoms with Gasteiger partial charge in [0.2, 0.25) is 12.3 Å². The van der Waals surface area contributed by atoms with Gasteiger partial charge in [0.1, 0.15) is 0 Å². The van der Waals surface area contributed by atoms with Crippen molar-refractivity contribution in [3.05, 3.63) is 0 Å². The molecule has 1 fully saturated rings. The van der Waals surface area contributed by atoms with E-state index in [1.807, 2.05) is 0 Å². The Kier molecular flexibility index (Phi) is 3.19. The van der Waals surface area contributed by atoms with E-state index >= 15 is 0 Å². The molecule has 1 saturated heterocycles. The summed E-state index contributed by atoms with van der Waals surface area (Å²) in [5.74, 6) is -0.897. The molecule has 5 heteroatoms. The molecule has 2 atom stereocenters. The van der Waals surface area contributed by atoms with Gasteiger partial charge in [0.25, 0.3) is 0 Å². The Bertz CT molecular complexity index is 197. The minimum absolute atomic E-state index is 0.151. The number of carbonyl (C=O) groups is 1. The van der Waals surface area contributed by atoms with Gasteiger partial charge in [0.15, 0.2) is 0 Å². The van der Waals surface area contributed by atoms with Gasteiger partial charge in [-0.1, -0.05) is 0 Å². The summed E-state index contributed by atoms with van der Waals surface area (Å²) in [7, 11) is 0. The summed E-state index contributed by atoms with van der Waals surface area (Å²) in [6, 6.07) is -0.587. The van der Waals surface area contributed by atoms with Crippen molar-refractivity contribution in [2.75, 3.05) is 13.1 Å². The number of nitrogens with two attached hydrogens (primary N) is 1. The highest BCUT2D eigenvalue weighted by molar-refractivity contribution is 5.81. The van der Waals surface area contributed by atoms with Crippen molar-refractivity contribution < 1.29 is 13.6 Å². The van der Waals surface area contributed by atoms with Gasteiger partial charge in [0, 0.05) is 19.0 Å². The van der Waals surface area contributed by atoms with Crippen LogP contribution in [0.15, 0.2) is 0 Å². The fourth-order valence-corrected chi connectivity index (χ4v) is 1.48. The number of carbonyl (C=O) groups excluding carboxylic acids is 1. The van der Waals surface area contributed by atoms with Crippen LogP contribution in [0.3, 0.4) is 0 Å². The van der Waals surface area contributed by atoms with E-state index in [-0.39, 0.29) is 12.5 Å². The molecule has 1 amide bonds. The minimum Gasteiger partial charge on any atom is -0.341 e. The van der Waals surface area contributed by atoms with Crippen LogP contribution >= 0.6 is 0 Å². The second-order valence-corrected chi connectivity index (χ2v) is 3.46. The number of halogens is 2. The molecule has 76 valence electrons. The molecule has 2 N–H and O–H groups in total. The number of nitrogens with zero attached hydrogens (tertiary/aromatic N) is 1. The summed E-state index contributed by atoms with van der Waals surface area (Å²) in [6.07, 6.45) is -1.94. The Labute approximate surface area is 75.9 Å². The van der Waals surface area contributed by atoms with Crippen LogP contribution in [0.25, 0.3) is 0 Å². The first kappa shape index (κ1) is 10.4. The number of rotatable bonds is 2. The van der Waals surface area contributed by atoms with Crippen LogP contribution < -0.4 is 5.73 Å². The highest BCUT2D eigenvalue weighted by atomic mass is 19.3. The lowest BCUT2D eigenvalue weighted by Crippen LogP contribution is -2.41. The predicted molar refractivity (Wildman–Crippen MR) is 44.3 cm³/mol. The van der Waals surface area contributed by atoms with Crippen molar-refractivity contribution in [3.63, 3.8) is 0 Å². The SMILES string of the molecule is C[C@H](N)C(=O)N1CC[C@H](C(F)F)C1. The Hall–Kier alpha value is -0.710. The monoisotopic (exact) mass is 192 g/mol. The molecule has 0 aromatic carbocycles. The molecule has 0 unspecified atom stereocenters. The number of amides is 1. The van der Waals surface area contributed by atoms with Crippen molar-refractivity contribution in [2.24, 2.45) is 11.7 Å². The molecule has 0 aromatic rings. The van der Waals surface area contributed by atoms with E-state index in [2.05, 4.69) is 0 Å². The van der Waals surface area contributed by atoms with Crippen LogP contribution in [0.4, 0.5) is 8.78 Å². The number of hydrogen-bond acceptors (Lipinski definition) is 2. The van der Waals surface area contributed by atoms with Crippen LogP contribution in [0.2, 0.25) is 0 Å². The zero-order valence-electron chi connectivity index (χ0n) is 7.54. The van der Waals surface area contributed by atoms with Gasteiger partial charge in [0.05, 0.1) is 6.04 Å². The topological polar surface area (TPSA) is 46.3 Å². The van der Waals surface area contributed by atoms with Gasteiger partial charge in [-0.3, -0.25) is 4.79 Å². The molecule has 1 aliphatic rings. The molecule has 0 spiro atoms. The zero-order chi connectivity index (χ0) is 10.0. The molecule has 0 bridgehead atoms. The van der Waals surface area contributed by atoms with Gasteiger partial charge >= 0.3 is 0 Å². The normalized spacial score (nSPS) is 25.3. The summed E-state index contributed by atoms with van der Waals surface area (Å²) in [5, 5.41) is 0. The molecule has 0 aromatic heterocycles. The Morgan fingerprint density at radius 1 is 1.62 bits per heavy atom. The maximum atomic E-state index is 12.2. The average molecular weight is 192 g/mol. The zero-order valence-corrected chi connectivity index (χ0v) is 7.54. The summed E-state index contributed by atoms with van der Waals surface area (Å²) >= 11 is 0. The lowest BCUT2D eigenvalue weighted by molar-refractivity contribution is -0.131. The maximum Gasteiger partial charge on any atom is 0.243 e. The number of alkyl halides is 2. The smallest absolute Gasteiger partial charge is 0.243 e. The third-order valence-corrected chi connectivity index (χ3v) is 2.28. The van der Waals surface area contributed by atoms with Crippen molar-refractivity contribution in [1.82, 2.24) is 4.90 Å². The van der Waals surface area contributed by atoms with E-state index in [9.17, 15) is 13.6 Å². The molecule has 0 saturated carbocycles. The van der Waals surface area contributed by atoms with Crippen molar-refractivity contribution >= 4 is 5.91 Å². The Morgan fingerprint density at radius 2 is 2.23 bits per heavy atom. The van der Waals surface area contributed by atoms with E-state index in [0.29, 0.717) is 13.0 Å². The largest absolute Gasteiger partial charge is 0.341 e. The molecule has 0 aliphatic carbocycles. The lowest BCUT2D eigenvalue weighted by Gasteiger charge is -2.18. The second kappa shape index (κ2) is 4.00. The third kappa shape index (κ3) is 2.37. The third-order valence-electron chi connectivity index (χ3n) is 2.28. The standard InChI is InChI=1S/C8H14F2N2O/c1-5(11)8(13)12-3-2-6(4-12)7(9)10/h5-7H,2-4,11H2,1H3/t5-,6-/m0/s1. The number of likely N-dealkylation sites (tertiary alicyclic amines) is 1. The predicted octanol–water partition coefficient (Wildman–Crippen LogP) is 0.447.